The Labute approximate surface area is 204 Å². The molecule has 0 saturated carbocycles. The highest BCUT2D eigenvalue weighted by Gasteiger charge is 2.46. The molecule has 0 spiro atoms. The van der Waals surface area contributed by atoms with Gasteiger partial charge in [0.2, 0.25) is 0 Å². The molecule has 0 fully saturated rings. The third-order valence-corrected chi connectivity index (χ3v) is 13.4. The number of fused-ring (bicyclic) bond motifs is 1. The number of carbonyl (C=O) groups excluding carboxylic acids is 2. The van der Waals surface area contributed by atoms with Gasteiger partial charge in [0.05, 0.1) is 7.11 Å². The number of aromatic hydroxyl groups is 1. The largest absolute Gasteiger partial charge is 0.508 e. The van der Waals surface area contributed by atoms with Crippen LogP contribution in [0.1, 0.15) is 67.9 Å². The van der Waals surface area contributed by atoms with Crippen LogP contribution >= 0.6 is 0 Å². The number of methoxy groups -OCH3 is 1. The van der Waals surface area contributed by atoms with E-state index in [2.05, 4.69) is 57.3 Å². The highest BCUT2D eigenvalue weighted by Crippen LogP contribution is 2.45. The standard InChI is InChI=1S/C26H42N2O5Si/c1-16(2)34(17(3)4,18(5)6)28-15-19(21-12-11-20(29)14-23(21)28)13-22(24(30)32-10)27-25(31)33-26(7,8)9/h11-12,14-18,22,29H,13H2,1-10H3,(H,27,31)/t22-/m0/s1. The number of ether oxygens (including phenoxy) is 2. The molecule has 0 unspecified atom stereocenters. The summed E-state index contributed by atoms with van der Waals surface area (Å²) in [4.78, 5) is 25.1. The van der Waals surface area contributed by atoms with Crippen LogP contribution in [0.3, 0.4) is 0 Å². The molecule has 1 aromatic carbocycles. The highest BCUT2D eigenvalue weighted by atomic mass is 28.3. The van der Waals surface area contributed by atoms with Crippen molar-refractivity contribution in [2.45, 2.75) is 97.0 Å². The van der Waals surface area contributed by atoms with Gasteiger partial charge in [0.1, 0.15) is 17.4 Å². The fraction of sp³-hybridized carbons (Fsp3) is 0.615. The molecule has 0 aliphatic heterocycles. The van der Waals surface area contributed by atoms with Crippen molar-refractivity contribution in [3.05, 3.63) is 30.0 Å². The molecule has 34 heavy (non-hydrogen) atoms. The summed E-state index contributed by atoms with van der Waals surface area (Å²) in [5.74, 6) is -0.334. The van der Waals surface area contributed by atoms with Gasteiger partial charge < -0.3 is 24.1 Å². The van der Waals surface area contributed by atoms with Gasteiger partial charge in [-0.2, -0.15) is 0 Å². The predicted octanol–water partition coefficient (Wildman–Crippen LogP) is 5.98. The summed E-state index contributed by atoms with van der Waals surface area (Å²) in [7, 11) is -0.836. The summed E-state index contributed by atoms with van der Waals surface area (Å²) < 4.78 is 12.8. The fourth-order valence-electron chi connectivity index (χ4n) is 5.61. The number of hydrogen-bond donors (Lipinski definition) is 2. The molecule has 8 heteroatoms. The molecule has 2 aromatic rings. The first-order valence-electron chi connectivity index (χ1n) is 12.1. The average Bonchev–Trinajstić information content (AvgIpc) is 3.02. The number of rotatable bonds is 8. The van der Waals surface area contributed by atoms with E-state index in [9.17, 15) is 14.7 Å². The van der Waals surface area contributed by atoms with Gasteiger partial charge in [-0.3, -0.25) is 0 Å². The molecule has 2 N–H and O–H groups in total. The summed E-state index contributed by atoms with van der Waals surface area (Å²) in [6.45, 7) is 19.0. The molecular formula is C26H42N2O5Si. The molecule has 0 aliphatic rings. The van der Waals surface area contributed by atoms with Crippen LogP contribution in [0.5, 0.6) is 5.75 Å². The number of alkyl carbamates (subject to hydrolysis) is 1. The predicted molar refractivity (Wildman–Crippen MR) is 139 cm³/mol. The van der Waals surface area contributed by atoms with E-state index in [4.69, 9.17) is 9.47 Å². The number of aromatic nitrogens is 1. The summed E-state index contributed by atoms with van der Waals surface area (Å²) in [5, 5.41) is 14.0. The van der Waals surface area contributed by atoms with Crippen LogP contribution in [0.2, 0.25) is 16.6 Å². The van der Waals surface area contributed by atoms with Gasteiger partial charge in [0.25, 0.3) is 0 Å². The van der Waals surface area contributed by atoms with Crippen molar-refractivity contribution in [1.29, 1.82) is 0 Å². The molecule has 0 aliphatic carbocycles. The maximum Gasteiger partial charge on any atom is 0.408 e. The number of nitrogens with zero attached hydrogens (tertiary/aromatic N) is 1. The molecule has 7 nitrogen and oxygen atoms in total. The molecule has 1 atom stereocenters. The van der Waals surface area contributed by atoms with Crippen LogP contribution in [0.15, 0.2) is 24.4 Å². The normalized spacial score (nSPS) is 13.6. The number of phenolic OH excluding ortho intramolecular Hbond substituents is 1. The van der Waals surface area contributed by atoms with Crippen LogP contribution in [0, 0.1) is 0 Å². The van der Waals surface area contributed by atoms with E-state index in [-0.39, 0.29) is 12.2 Å². The number of nitrogens with one attached hydrogen (secondary N) is 1. The molecule has 2 rings (SSSR count). The Morgan fingerprint density at radius 1 is 1.06 bits per heavy atom. The molecule has 1 amide bonds. The lowest BCUT2D eigenvalue weighted by Gasteiger charge is -2.44. The van der Waals surface area contributed by atoms with E-state index < -0.39 is 31.9 Å². The Balaban J connectivity index is 2.65. The van der Waals surface area contributed by atoms with Gasteiger partial charge in [0, 0.05) is 23.4 Å². The minimum absolute atomic E-state index is 0.203. The smallest absolute Gasteiger partial charge is 0.408 e. The van der Waals surface area contributed by atoms with Gasteiger partial charge >= 0.3 is 12.1 Å². The maximum absolute atomic E-state index is 12.6. The van der Waals surface area contributed by atoms with Crippen molar-refractivity contribution in [2.75, 3.05) is 7.11 Å². The van der Waals surface area contributed by atoms with E-state index in [1.54, 1.807) is 26.8 Å². The first-order chi connectivity index (χ1) is 15.6. The zero-order valence-electron chi connectivity index (χ0n) is 22.4. The quantitative estimate of drug-likeness (QED) is 0.351. The third-order valence-electron chi connectivity index (χ3n) is 6.66. The molecule has 0 saturated heterocycles. The first kappa shape index (κ1) is 27.8. The SMILES string of the molecule is COC(=O)[C@H](Cc1cn([Si](C(C)C)(C(C)C)C(C)C)c2cc(O)ccc12)NC(=O)OC(C)(C)C. The third kappa shape index (κ3) is 5.59. The number of carbonyl (C=O) groups is 2. The molecule has 0 bridgehead atoms. The van der Waals surface area contributed by atoms with Crippen molar-refractivity contribution in [3.63, 3.8) is 0 Å². The molecule has 1 heterocycles. The van der Waals surface area contributed by atoms with Crippen LogP contribution in [-0.2, 0) is 20.7 Å². The average molecular weight is 491 g/mol. The van der Waals surface area contributed by atoms with Crippen LogP contribution < -0.4 is 5.32 Å². The van der Waals surface area contributed by atoms with E-state index in [0.717, 1.165) is 16.5 Å². The Morgan fingerprint density at radius 3 is 2.09 bits per heavy atom. The van der Waals surface area contributed by atoms with Gasteiger partial charge in [-0.15, -0.1) is 0 Å². The van der Waals surface area contributed by atoms with Gasteiger partial charge in [-0.25, -0.2) is 9.59 Å². The Morgan fingerprint density at radius 2 is 1.62 bits per heavy atom. The van der Waals surface area contributed by atoms with Crippen molar-refractivity contribution in [1.82, 2.24) is 9.55 Å². The fourth-order valence-corrected chi connectivity index (χ4v) is 12.3. The van der Waals surface area contributed by atoms with Gasteiger partial charge in [-0.1, -0.05) is 41.5 Å². The Bertz CT molecular complexity index is 998. The summed E-state index contributed by atoms with van der Waals surface area (Å²) in [6.07, 6.45) is 1.71. The lowest BCUT2D eigenvalue weighted by atomic mass is 10.0. The van der Waals surface area contributed by atoms with Crippen molar-refractivity contribution < 1.29 is 24.2 Å². The van der Waals surface area contributed by atoms with Crippen LogP contribution in [-0.4, -0.2) is 48.4 Å². The van der Waals surface area contributed by atoms with Crippen molar-refractivity contribution in [2.24, 2.45) is 0 Å². The Hall–Kier alpha value is -2.48. The monoisotopic (exact) mass is 490 g/mol. The van der Waals surface area contributed by atoms with Crippen LogP contribution in [0.4, 0.5) is 4.79 Å². The minimum Gasteiger partial charge on any atom is -0.508 e. The van der Waals surface area contributed by atoms with Crippen LogP contribution in [0.25, 0.3) is 10.9 Å². The number of phenols is 1. The van der Waals surface area contributed by atoms with Gasteiger partial charge in [-0.05, 0) is 61.3 Å². The van der Waals surface area contributed by atoms with Gasteiger partial charge in [0.15, 0.2) is 8.24 Å². The second-order valence-corrected chi connectivity index (χ2v) is 16.7. The molecule has 1 aromatic heterocycles. The Kier molecular flexibility index (Phi) is 8.51. The summed E-state index contributed by atoms with van der Waals surface area (Å²) >= 11 is 0. The van der Waals surface area contributed by atoms with Crippen molar-refractivity contribution >= 4 is 31.2 Å². The zero-order chi connectivity index (χ0) is 26.0. The first-order valence-corrected chi connectivity index (χ1v) is 14.2. The highest BCUT2D eigenvalue weighted by molar-refractivity contribution is 6.82. The van der Waals surface area contributed by atoms with E-state index in [1.165, 1.54) is 7.11 Å². The summed E-state index contributed by atoms with van der Waals surface area (Å²) in [6, 6.07) is 4.45. The van der Waals surface area contributed by atoms with E-state index >= 15 is 0 Å². The zero-order valence-corrected chi connectivity index (χ0v) is 23.4. The number of hydrogen-bond acceptors (Lipinski definition) is 5. The molecule has 190 valence electrons. The second kappa shape index (κ2) is 10.4. The maximum atomic E-state index is 12.6. The number of benzene rings is 1. The molecule has 0 radical (unpaired) electrons. The van der Waals surface area contributed by atoms with E-state index in [0.29, 0.717) is 16.6 Å². The minimum atomic E-state index is -2.14. The lowest BCUT2D eigenvalue weighted by Crippen LogP contribution is -2.51. The number of amides is 1. The lowest BCUT2D eigenvalue weighted by molar-refractivity contribution is -0.143. The second-order valence-electron chi connectivity index (χ2n) is 11.0. The van der Waals surface area contributed by atoms with E-state index in [1.807, 2.05) is 12.1 Å². The topological polar surface area (TPSA) is 89.8 Å². The number of esters is 1. The van der Waals surface area contributed by atoms with Crippen molar-refractivity contribution in [3.8, 4) is 5.75 Å². The summed E-state index contributed by atoms with van der Waals surface area (Å²) in [5.41, 5.74) is 2.51. The molecular weight excluding hydrogens is 448 g/mol.